The van der Waals surface area contributed by atoms with Gasteiger partial charge in [0.25, 0.3) is 0 Å². The Bertz CT molecular complexity index is 341. The van der Waals surface area contributed by atoms with Gasteiger partial charge in [-0.2, -0.15) is 0 Å². The van der Waals surface area contributed by atoms with Gasteiger partial charge in [-0.05, 0) is 37.3 Å². The van der Waals surface area contributed by atoms with Crippen molar-refractivity contribution >= 4 is 5.78 Å². The van der Waals surface area contributed by atoms with Crippen molar-refractivity contribution in [1.29, 1.82) is 0 Å². The maximum Gasteiger partial charge on any atom is 0.133 e. The maximum atomic E-state index is 11.1. The van der Waals surface area contributed by atoms with E-state index < -0.39 is 0 Å². The second kappa shape index (κ2) is 2.99. The first-order valence-corrected chi connectivity index (χ1v) is 4.76. The van der Waals surface area contributed by atoms with Crippen LogP contribution in [0.1, 0.15) is 30.4 Å². The van der Waals surface area contributed by atoms with E-state index in [1.54, 1.807) is 6.92 Å². The van der Waals surface area contributed by atoms with Crippen molar-refractivity contribution in [2.75, 3.05) is 0 Å². The number of carbonyl (C=O) groups excluding carboxylic acids is 1. The van der Waals surface area contributed by atoms with Gasteiger partial charge in [-0.1, -0.05) is 24.3 Å². The molecular weight excluding hydrogens is 160 g/mol. The molecule has 2 unspecified atom stereocenters. The number of aryl methyl sites for hydroxylation is 1. The molecule has 1 aromatic rings. The van der Waals surface area contributed by atoms with Gasteiger partial charge in [0, 0.05) is 5.92 Å². The summed E-state index contributed by atoms with van der Waals surface area (Å²) in [7, 11) is 0. The molecule has 2 rings (SSSR count). The zero-order valence-electron chi connectivity index (χ0n) is 8.08. The van der Waals surface area contributed by atoms with Crippen molar-refractivity contribution in [3.8, 4) is 0 Å². The van der Waals surface area contributed by atoms with Crippen molar-refractivity contribution in [2.24, 2.45) is 5.92 Å². The summed E-state index contributed by atoms with van der Waals surface area (Å²) in [6.07, 6.45) is 1.06. The summed E-state index contributed by atoms with van der Waals surface area (Å²) < 4.78 is 0. The van der Waals surface area contributed by atoms with Crippen molar-refractivity contribution in [1.82, 2.24) is 0 Å². The van der Waals surface area contributed by atoms with Crippen LogP contribution in [0.2, 0.25) is 0 Å². The smallest absolute Gasteiger partial charge is 0.133 e. The minimum Gasteiger partial charge on any atom is -0.300 e. The normalized spacial score (nSPS) is 25.7. The fraction of sp³-hybridized carbons (Fsp3) is 0.417. The average Bonchev–Trinajstić information content (AvgIpc) is 2.84. The van der Waals surface area contributed by atoms with Gasteiger partial charge in [-0.3, -0.25) is 4.79 Å². The Kier molecular flexibility index (Phi) is 1.95. The van der Waals surface area contributed by atoms with Crippen LogP contribution in [0.4, 0.5) is 0 Å². The fourth-order valence-corrected chi connectivity index (χ4v) is 1.99. The minimum atomic E-state index is 0.307. The van der Waals surface area contributed by atoms with Crippen LogP contribution >= 0.6 is 0 Å². The molecule has 1 nitrogen and oxygen atoms in total. The molecule has 0 radical (unpaired) electrons. The molecule has 0 N–H and O–H groups in total. The lowest BCUT2D eigenvalue weighted by Crippen LogP contribution is -1.95. The van der Waals surface area contributed by atoms with Gasteiger partial charge in [-0.15, -0.1) is 0 Å². The van der Waals surface area contributed by atoms with E-state index in [1.807, 2.05) is 6.07 Å². The van der Waals surface area contributed by atoms with E-state index in [4.69, 9.17) is 0 Å². The molecule has 1 saturated carbocycles. The van der Waals surface area contributed by atoms with Crippen molar-refractivity contribution in [2.45, 2.75) is 26.2 Å². The van der Waals surface area contributed by atoms with E-state index in [2.05, 4.69) is 25.1 Å². The van der Waals surface area contributed by atoms with E-state index in [9.17, 15) is 4.79 Å². The Morgan fingerprint density at radius 1 is 1.38 bits per heavy atom. The molecule has 1 aromatic carbocycles. The SMILES string of the molecule is CC(=O)C1CC1c1ccccc1C. The molecule has 0 saturated heterocycles. The molecule has 1 aliphatic carbocycles. The zero-order chi connectivity index (χ0) is 9.42. The Labute approximate surface area is 78.8 Å². The van der Waals surface area contributed by atoms with Crippen LogP contribution in [0.25, 0.3) is 0 Å². The highest BCUT2D eigenvalue weighted by atomic mass is 16.1. The van der Waals surface area contributed by atoms with E-state index in [-0.39, 0.29) is 0 Å². The molecular formula is C12H14O. The molecule has 68 valence electrons. The molecule has 0 aliphatic heterocycles. The molecule has 0 heterocycles. The summed E-state index contributed by atoms with van der Waals surface area (Å²) in [5.41, 5.74) is 2.68. The van der Waals surface area contributed by atoms with E-state index >= 15 is 0 Å². The van der Waals surface area contributed by atoms with Crippen molar-refractivity contribution < 1.29 is 4.79 Å². The number of hydrogen-bond acceptors (Lipinski definition) is 1. The number of rotatable bonds is 2. The van der Waals surface area contributed by atoms with Gasteiger partial charge < -0.3 is 0 Å². The molecule has 1 heteroatoms. The second-order valence-electron chi connectivity index (χ2n) is 3.92. The Morgan fingerprint density at radius 3 is 2.62 bits per heavy atom. The lowest BCUT2D eigenvalue weighted by molar-refractivity contribution is -0.118. The van der Waals surface area contributed by atoms with Crippen LogP contribution in [0.3, 0.4) is 0 Å². The highest BCUT2D eigenvalue weighted by Crippen LogP contribution is 2.48. The molecule has 0 aromatic heterocycles. The number of carbonyl (C=O) groups is 1. The molecule has 2 atom stereocenters. The van der Waals surface area contributed by atoms with Gasteiger partial charge in [0.05, 0.1) is 0 Å². The summed E-state index contributed by atoms with van der Waals surface area (Å²) >= 11 is 0. The predicted octanol–water partition coefficient (Wildman–Crippen LogP) is 2.69. The number of hydrogen-bond donors (Lipinski definition) is 0. The molecule has 1 fully saturated rings. The first-order chi connectivity index (χ1) is 6.20. The van der Waals surface area contributed by atoms with Gasteiger partial charge in [0.1, 0.15) is 5.78 Å². The quantitative estimate of drug-likeness (QED) is 0.673. The van der Waals surface area contributed by atoms with Crippen molar-refractivity contribution in [3.05, 3.63) is 35.4 Å². The number of benzene rings is 1. The van der Waals surface area contributed by atoms with E-state index in [0.29, 0.717) is 17.6 Å². The topological polar surface area (TPSA) is 17.1 Å². The lowest BCUT2D eigenvalue weighted by atomic mass is 10.0. The zero-order valence-corrected chi connectivity index (χ0v) is 8.08. The molecule has 0 spiro atoms. The Morgan fingerprint density at radius 2 is 2.08 bits per heavy atom. The van der Waals surface area contributed by atoms with Gasteiger partial charge >= 0.3 is 0 Å². The average molecular weight is 174 g/mol. The third-order valence-corrected chi connectivity index (χ3v) is 2.90. The summed E-state index contributed by atoms with van der Waals surface area (Å²) in [6, 6.07) is 8.36. The minimum absolute atomic E-state index is 0.307. The van der Waals surface area contributed by atoms with Crippen LogP contribution in [-0.4, -0.2) is 5.78 Å². The maximum absolute atomic E-state index is 11.1. The monoisotopic (exact) mass is 174 g/mol. The summed E-state index contributed by atoms with van der Waals surface area (Å²) in [5, 5.41) is 0. The third-order valence-electron chi connectivity index (χ3n) is 2.90. The second-order valence-corrected chi connectivity index (χ2v) is 3.92. The van der Waals surface area contributed by atoms with Crippen LogP contribution in [-0.2, 0) is 4.79 Å². The molecule has 0 bridgehead atoms. The number of Topliss-reactive ketones (excluding diaryl/α,β-unsaturated/α-hetero) is 1. The van der Waals surface area contributed by atoms with Crippen molar-refractivity contribution in [3.63, 3.8) is 0 Å². The summed E-state index contributed by atoms with van der Waals surface area (Å²) in [6.45, 7) is 3.81. The third kappa shape index (κ3) is 1.51. The van der Waals surface area contributed by atoms with Crippen LogP contribution < -0.4 is 0 Å². The van der Waals surface area contributed by atoms with Gasteiger partial charge in [-0.25, -0.2) is 0 Å². The van der Waals surface area contributed by atoms with Crippen LogP contribution in [0, 0.1) is 12.8 Å². The number of ketones is 1. The van der Waals surface area contributed by atoms with Gasteiger partial charge in [0.2, 0.25) is 0 Å². The first-order valence-electron chi connectivity index (χ1n) is 4.76. The highest BCUT2D eigenvalue weighted by molar-refractivity contribution is 5.82. The Balaban J connectivity index is 2.21. The standard InChI is InChI=1S/C12H14O/c1-8-5-3-4-6-10(8)12-7-11(12)9(2)13/h3-6,11-12H,7H2,1-2H3. The predicted molar refractivity (Wildman–Crippen MR) is 52.7 cm³/mol. The summed E-state index contributed by atoms with van der Waals surface area (Å²) in [4.78, 5) is 11.1. The van der Waals surface area contributed by atoms with Crippen LogP contribution in [0.5, 0.6) is 0 Å². The lowest BCUT2D eigenvalue weighted by Gasteiger charge is -2.02. The van der Waals surface area contributed by atoms with Crippen LogP contribution in [0.15, 0.2) is 24.3 Å². The fourth-order valence-electron chi connectivity index (χ4n) is 1.99. The highest BCUT2D eigenvalue weighted by Gasteiger charge is 2.42. The largest absolute Gasteiger partial charge is 0.300 e. The molecule has 13 heavy (non-hydrogen) atoms. The summed E-state index contributed by atoms with van der Waals surface area (Å²) in [5.74, 6) is 1.16. The van der Waals surface area contributed by atoms with E-state index in [0.717, 1.165) is 6.42 Å². The van der Waals surface area contributed by atoms with Gasteiger partial charge in [0.15, 0.2) is 0 Å². The molecule has 0 amide bonds. The molecule has 1 aliphatic rings. The first kappa shape index (κ1) is 8.49. The Hall–Kier alpha value is -1.11. The van der Waals surface area contributed by atoms with E-state index in [1.165, 1.54) is 11.1 Å².